The summed E-state index contributed by atoms with van der Waals surface area (Å²) in [5.41, 5.74) is 0. The third-order valence-electron chi connectivity index (χ3n) is 2.59. The van der Waals surface area contributed by atoms with Crippen LogP contribution in [0.3, 0.4) is 0 Å². The van der Waals surface area contributed by atoms with Crippen molar-refractivity contribution < 1.29 is 9.21 Å². The molecule has 11 heteroatoms. The van der Waals surface area contributed by atoms with Gasteiger partial charge in [0.05, 0.1) is 11.3 Å². The van der Waals surface area contributed by atoms with Crippen LogP contribution in [0.1, 0.15) is 10.6 Å². The summed E-state index contributed by atoms with van der Waals surface area (Å²) in [5, 5.41) is 8.51. The van der Waals surface area contributed by atoms with Crippen LogP contribution >= 0.6 is 58.6 Å². The lowest BCUT2D eigenvalue weighted by molar-refractivity contribution is 0.0906. The summed E-state index contributed by atoms with van der Waals surface area (Å²) < 4.78 is 3.11. The van der Waals surface area contributed by atoms with Gasteiger partial charge >= 0.3 is 0 Å². The van der Waals surface area contributed by atoms with E-state index in [2.05, 4.69) is 20.9 Å². The summed E-state index contributed by atoms with van der Waals surface area (Å²) in [5.74, 6) is -0.0807. The molecule has 24 heavy (non-hydrogen) atoms. The zero-order valence-electron chi connectivity index (χ0n) is 11.7. The predicted octanol–water partition coefficient (Wildman–Crippen LogP) is 3.74. The summed E-state index contributed by atoms with van der Waals surface area (Å²) in [7, 11) is 0. The number of hydrogen-bond donors (Lipinski definition) is 3. The molecule has 6 nitrogen and oxygen atoms in total. The molecule has 2 heterocycles. The highest BCUT2D eigenvalue weighted by atomic mass is 35.6. The molecule has 0 saturated carbocycles. The molecule has 2 aromatic rings. The second-order valence-electron chi connectivity index (χ2n) is 4.39. The average Bonchev–Trinajstić information content (AvgIpc) is 3.02. The Bertz CT molecular complexity index is 704. The number of alkyl halides is 3. The first-order valence-electron chi connectivity index (χ1n) is 6.36. The molecule has 2 rings (SSSR count). The van der Waals surface area contributed by atoms with Gasteiger partial charge < -0.3 is 20.4 Å². The number of halogens is 4. The summed E-state index contributed by atoms with van der Waals surface area (Å²) >= 11 is 28.5. The Kier molecular flexibility index (Phi) is 6.54. The molecule has 0 aliphatic heterocycles. The van der Waals surface area contributed by atoms with E-state index < -0.39 is 15.9 Å². The largest absolute Gasteiger partial charge is 0.459 e. The number of rotatable bonds is 4. The van der Waals surface area contributed by atoms with Gasteiger partial charge in [-0.2, -0.15) is 0 Å². The van der Waals surface area contributed by atoms with Crippen LogP contribution < -0.4 is 16.0 Å². The fraction of sp³-hybridized carbons (Fsp3) is 0.154. The van der Waals surface area contributed by atoms with E-state index in [1.807, 2.05) is 0 Å². The van der Waals surface area contributed by atoms with E-state index in [9.17, 15) is 4.79 Å². The van der Waals surface area contributed by atoms with Gasteiger partial charge in [0.15, 0.2) is 10.9 Å². The second-order valence-corrected chi connectivity index (χ2v) is 7.60. The van der Waals surface area contributed by atoms with E-state index in [1.165, 1.54) is 18.5 Å². The SMILES string of the molecule is O=C(N[C@@H](NC(=S)Nc1ccc(Cl)cn1)C(Cl)(Cl)Cl)c1ccco1. The number of nitrogens with zero attached hydrogens (tertiary/aromatic N) is 1. The van der Waals surface area contributed by atoms with Gasteiger partial charge in [-0.15, -0.1) is 0 Å². The minimum Gasteiger partial charge on any atom is -0.459 e. The van der Waals surface area contributed by atoms with Crippen molar-refractivity contribution in [2.24, 2.45) is 0 Å². The fourth-order valence-electron chi connectivity index (χ4n) is 1.54. The Labute approximate surface area is 162 Å². The standard InChI is InChI=1S/C13H10Cl4N4O2S/c14-7-3-4-9(18-6-7)19-12(24)21-11(13(15,16)17)20-10(22)8-2-1-5-23-8/h1-6,11H,(H,20,22)(H2,18,19,21,24)/t11-/m0/s1. The van der Waals surface area contributed by atoms with Crippen LogP contribution in [-0.2, 0) is 0 Å². The van der Waals surface area contributed by atoms with Gasteiger partial charge in [0.2, 0.25) is 3.79 Å². The van der Waals surface area contributed by atoms with Crippen LogP contribution in [0.5, 0.6) is 0 Å². The molecule has 0 aromatic carbocycles. The van der Waals surface area contributed by atoms with Gasteiger partial charge in [0.1, 0.15) is 12.0 Å². The van der Waals surface area contributed by atoms with Crippen LogP contribution in [0.15, 0.2) is 41.1 Å². The van der Waals surface area contributed by atoms with E-state index in [4.69, 9.17) is 63.0 Å². The van der Waals surface area contributed by atoms with E-state index in [0.717, 1.165) is 0 Å². The molecule has 0 radical (unpaired) electrons. The summed E-state index contributed by atoms with van der Waals surface area (Å²) in [6, 6.07) is 6.27. The molecule has 0 saturated heterocycles. The number of carbonyl (C=O) groups excluding carboxylic acids is 1. The topological polar surface area (TPSA) is 79.2 Å². The Balaban J connectivity index is 2.01. The monoisotopic (exact) mass is 426 g/mol. The van der Waals surface area contributed by atoms with Gasteiger partial charge in [-0.25, -0.2) is 4.98 Å². The van der Waals surface area contributed by atoms with Crippen LogP contribution in [0.25, 0.3) is 0 Å². The van der Waals surface area contributed by atoms with Crippen molar-refractivity contribution in [1.29, 1.82) is 0 Å². The van der Waals surface area contributed by atoms with E-state index >= 15 is 0 Å². The lowest BCUT2D eigenvalue weighted by Crippen LogP contribution is -2.56. The molecule has 3 N–H and O–H groups in total. The number of aromatic nitrogens is 1. The Morgan fingerprint density at radius 1 is 1.25 bits per heavy atom. The van der Waals surface area contributed by atoms with Gasteiger partial charge in [0, 0.05) is 6.20 Å². The molecule has 1 atom stereocenters. The van der Waals surface area contributed by atoms with Gasteiger partial charge in [-0.1, -0.05) is 46.4 Å². The Morgan fingerprint density at radius 3 is 2.54 bits per heavy atom. The lowest BCUT2D eigenvalue weighted by Gasteiger charge is -2.27. The number of furan rings is 1. The maximum atomic E-state index is 12.0. The maximum absolute atomic E-state index is 12.0. The lowest BCUT2D eigenvalue weighted by atomic mass is 10.4. The average molecular weight is 428 g/mol. The third-order valence-corrected chi connectivity index (χ3v) is 3.69. The molecule has 0 fully saturated rings. The minimum absolute atomic E-state index is 0.0642. The zero-order chi connectivity index (χ0) is 17.7. The number of thiocarbonyl (C=S) groups is 1. The van der Waals surface area contributed by atoms with Crippen molar-refractivity contribution in [3.63, 3.8) is 0 Å². The highest BCUT2D eigenvalue weighted by molar-refractivity contribution is 7.80. The van der Waals surface area contributed by atoms with Gasteiger partial charge in [-0.3, -0.25) is 4.79 Å². The number of hydrogen-bond acceptors (Lipinski definition) is 4. The van der Waals surface area contributed by atoms with Crippen LogP contribution in [0.4, 0.5) is 5.82 Å². The van der Waals surface area contributed by atoms with Crippen molar-refractivity contribution in [3.8, 4) is 0 Å². The minimum atomic E-state index is -1.87. The maximum Gasteiger partial charge on any atom is 0.288 e. The quantitative estimate of drug-likeness (QED) is 0.391. The number of nitrogens with one attached hydrogen (secondary N) is 3. The van der Waals surface area contributed by atoms with Crippen molar-refractivity contribution in [1.82, 2.24) is 15.6 Å². The zero-order valence-corrected chi connectivity index (χ0v) is 15.6. The van der Waals surface area contributed by atoms with E-state index in [-0.39, 0.29) is 10.9 Å². The predicted molar refractivity (Wildman–Crippen MR) is 98.9 cm³/mol. The van der Waals surface area contributed by atoms with Crippen molar-refractivity contribution in [2.75, 3.05) is 5.32 Å². The molecular weight excluding hydrogens is 418 g/mol. The number of amides is 1. The van der Waals surface area contributed by atoms with Gasteiger partial charge in [0.25, 0.3) is 5.91 Å². The first kappa shape index (κ1) is 19.1. The van der Waals surface area contributed by atoms with Crippen LogP contribution in [0, 0.1) is 0 Å². The second kappa shape index (κ2) is 8.22. The summed E-state index contributed by atoms with van der Waals surface area (Å²) in [6.45, 7) is 0. The molecule has 1 amide bonds. The molecule has 0 spiro atoms. The van der Waals surface area contributed by atoms with Crippen LogP contribution in [0.2, 0.25) is 5.02 Å². The van der Waals surface area contributed by atoms with Crippen molar-refractivity contribution >= 4 is 75.5 Å². The fourth-order valence-corrected chi connectivity index (χ4v) is 2.20. The first-order valence-corrected chi connectivity index (χ1v) is 8.28. The number of pyridine rings is 1. The number of anilines is 1. The highest BCUT2D eigenvalue weighted by Gasteiger charge is 2.35. The van der Waals surface area contributed by atoms with E-state index in [1.54, 1.807) is 18.2 Å². The molecule has 2 aromatic heterocycles. The highest BCUT2D eigenvalue weighted by Crippen LogP contribution is 2.29. The van der Waals surface area contributed by atoms with Crippen molar-refractivity contribution in [2.45, 2.75) is 9.96 Å². The molecule has 0 bridgehead atoms. The molecule has 0 aliphatic carbocycles. The molecule has 0 aliphatic rings. The molecule has 128 valence electrons. The summed E-state index contributed by atoms with van der Waals surface area (Å²) in [4.78, 5) is 16.0. The molecular formula is C13H10Cl4N4O2S. The summed E-state index contributed by atoms with van der Waals surface area (Å²) in [6.07, 6.45) is 1.68. The molecule has 0 unspecified atom stereocenters. The Hall–Kier alpha value is -1.25. The van der Waals surface area contributed by atoms with Crippen LogP contribution in [-0.4, -0.2) is 26.0 Å². The smallest absolute Gasteiger partial charge is 0.288 e. The first-order chi connectivity index (χ1) is 11.3. The number of carbonyl (C=O) groups is 1. The third kappa shape index (κ3) is 5.68. The van der Waals surface area contributed by atoms with E-state index in [0.29, 0.717) is 10.8 Å². The normalized spacial score (nSPS) is 12.3. The Morgan fingerprint density at radius 2 is 2.00 bits per heavy atom. The van der Waals surface area contributed by atoms with Crippen molar-refractivity contribution in [3.05, 3.63) is 47.5 Å². The van der Waals surface area contributed by atoms with Gasteiger partial charge in [-0.05, 0) is 36.5 Å².